The number of hydrazine groups is 1. The Bertz CT molecular complexity index is 665. The third kappa shape index (κ3) is 2.69. The number of nitrogens with two attached hydrogens (primary N) is 1. The van der Waals surface area contributed by atoms with E-state index in [9.17, 15) is 0 Å². The number of oxazole rings is 1. The van der Waals surface area contributed by atoms with Crippen LogP contribution in [0.5, 0.6) is 0 Å². The maximum atomic E-state index is 5.63. The number of thioether (sulfide) groups is 1. The van der Waals surface area contributed by atoms with Gasteiger partial charge in [-0.15, -0.1) is 0 Å². The lowest BCUT2D eigenvalue weighted by molar-refractivity contribution is 0.489. The van der Waals surface area contributed by atoms with Crippen molar-refractivity contribution in [1.82, 2.24) is 9.97 Å². The largest absolute Gasteiger partial charge is 0.431 e. The van der Waals surface area contributed by atoms with Crippen LogP contribution >= 0.6 is 11.8 Å². The van der Waals surface area contributed by atoms with Gasteiger partial charge >= 0.3 is 0 Å². The van der Waals surface area contributed by atoms with Gasteiger partial charge in [-0.1, -0.05) is 30.0 Å². The summed E-state index contributed by atoms with van der Waals surface area (Å²) >= 11 is 1.51. The Morgan fingerprint density at radius 2 is 2.00 bits per heavy atom. The van der Waals surface area contributed by atoms with Crippen LogP contribution in [0.3, 0.4) is 0 Å². The maximum absolute atomic E-state index is 5.63. The molecule has 0 aliphatic rings. The van der Waals surface area contributed by atoms with Crippen molar-refractivity contribution in [1.29, 1.82) is 0 Å². The van der Waals surface area contributed by atoms with Gasteiger partial charge in [-0.25, -0.2) is 15.8 Å². The normalized spacial score (nSPS) is 10.8. The Labute approximate surface area is 114 Å². The first kappa shape index (κ1) is 12.0. The molecule has 0 amide bonds. The van der Waals surface area contributed by atoms with Gasteiger partial charge in [0.05, 0.1) is 5.69 Å². The van der Waals surface area contributed by atoms with Crippen LogP contribution in [0, 0.1) is 0 Å². The first-order valence-electron chi connectivity index (χ1n) is 5.76. The predicted molar refractivity (Wildman–Crippen MR) is 75.6 cm³/mol. The van der Waals surface area contributed by atoms with Crippen molar-refractivity contribution < 1.29 is 4.42 Å². The third-order valence-corrected chi connectivity index (χ3v) is 3.43. The summed E-state index contributed by atoms with van der Waals surface area (Å²) in [5, 5.41) is 0.647. The van der Waals surface area contributed by atoms with Crippen LogP contribution in [0.2, 0.25) is 0 Å². The molecule has 0 spiro atoms. The van der Waals surface area contributed by atoms with Gasteiger partial charge in [-0.3, -0.25) is 0 Å². The molecule has 3 aromatic rings. The molecule has 5 nitrogen and oxygen atoms in total. The number of hydrogen-bond acceptors (Lipinski definition) is 6. The van der Waals surface area contributed by atoms with Gasteiger partial charge in [0.15, 0.2) is 5.58 Å². The number of aromatic nitrogens is 2. The number of rotatable bonds is 4. The van der Waals surface area contributed by atoms with Crippen LogP contribution in [0.15, 0.2) is 52.1 Å². The van der Waals surface area contributed by atoms with Crippen LogP contribution in [0.1, 0.15) is 5.69 Å². The number of nitrogens with zero attached hydrogens (tertiary/aromatic N) is 2. The highest BCUT2D eigenvalue weighted by molar-refractivity contribution is 7.98. The Kier molecular flexibility index (Phi) is 3.35. The minimum Gasteiger partial charge on any atom is -0.431 e. The summed E-state index contributed by atoms with van der Waals surface area (Å²) in [7, 11) is 0. The molecule has 0 saturated heterocycles. The van der Waals surface area contributed by atoms with Crippen molar-refractivity contribution in [2.75, 3.05) is 5.43 Å². The number of anilines is 1. The lowest BCUT2D eigenvalue weighted by Gasteiger charge is -2.01. The van der Waals surface area contributed by atoms with E-state index in [1.165, 1.54) is 11.8 Å². The SMILES string of the molecule is NNc1cccc(CSc2nc3ccccc3o2)n1. The summed E-state index contributed by atoms with van der Waals surface area (Å²) in [6.45, 7) is 0. The molecule has 0 bridgehead atoms. The number of pyridine rings is 1. The number of para-hydroxylation sites is 2. The fourth-order valence-corrected chi connectivity index (χ4v) is 2.43. The fraction of sp³-hybridized carbons (Fsp3) is 0.0769. The van der Waals surface area contributed by atoms with E-state index in [1.807, 2.05) is 42.5 Å². The predicted octanol–water partition coefficient (Wildman–Crippen LogP) is 2.80. The van der Waals surface area contributed by atoms with E-state index in [4.69, 9.17) is 10.3 Å². The van der Waals surface area contributed by atoms with E-state index in [2.05, 4.69) is 15.4 Å². The van der Waals surface area contributed by atoms with Crippen molar-refractivity contribution in [2.45, 2.75) is 11.0 Å². The van der Waals surface area contributed by atoms with Crippen molar-refractivity contribution >= 4 is 28.7 Å². The molecule has 6 heteroatoms. The minimum atomic E-state index is 0.647. The smallest absolute Gasteiger partial charge is 0.257 e. The molecule has 19 heavy (non-hydrogen) atoms. The first-order chi connectivity index (χ1) is 9.35. The second-order valence-electron chi connectivity index (χ2n) is 3.89. The zero-order chi connectivity index (χ0) is 13.1. The van der Waals surface area contributed by atoms with Crippen LogP contribution in [0.25, 0.3) is 11.1 Å². The number of benzene rings is 1. The van der Waals surface area contributed by atoms with E-state index < -0.39 is 0 Å². The molecule has 0 aliphatic heterocycles. The Hall–Kier alpha value is -2.05. The van der Waals surface area contributed by atoms with E-state index >= 15 is 0 Å². The van der Waals surface area contributed by atoms with Crippen LogP contribution in [0.4, 0.5) is 5.82 Å². The third-order valence-electron chi connectivity index (χ3n) is 2.57. The van der Waals surface area contributed by atoms with Gasteiger partial charge in [0, 0.05) is 5.75 Å². The highest BCUT2D eigenvalue weighted by Gasteiger charge is 2.06. The van der Waals surface area contributed by atoms with Crippen LogP contribution in [-0.4, -0.2) is 9.97 Å². The quantitative estimate of drug-likeness (QED) is 0.432. The molecular weight excluding hydrogens is 260 g/mol. The molecule has 1 aromatic carbocycles. The van der Waals surface area contributed by atoms with Gasteiger partial charge in [0.2, 0.25) is 0 Å². The molecule has 0 atom stereocenters. The van der Waals surface area contributed by atoms with Gasteiger partial charge in [-0.05, 0) is 24.3 Å². The van der Waals surface area contributed by atoms with Gasteiger partial charge in [0.1, 0.15) is 11.3 Å². The summed E-state index contributed by atoms with van der Waals surface area (Å²) in [6, 6.07) is 13.4. The lowest BCUT2D eigenvalue weighted by Crippen LogP contribution is -2.08. The molecule has 2 heterocycles. The molecule has 0 saturated carbocycles. The number of nitrogens with one attached hydrogen (secondary N) is 1. The summed E-state index contributed by atoms with van der Waals surface area (Å²) in [4.78, 5) is 8.73. The fourth-order valence-electron chi connectivity index (χ4n) is 1.69. The first-order valence-corrected chi connectivity index (χ1v) is 6.74. The average Bonchev–Trinajstić information content (AvgIpc) is 2.88. The molecule has 96 valence electrons. The van der Waals surface area contributed by atoms with E-state index in [0.29, 0.717) is 16.8 Å². The Morgan fingerprint density at radius 1 is 1.11 bits per heavy atom. The highest BCUT2D eigenvalue weighted by atomic mass is 32.2. The summed E-state index contributed by atoms with van der Waals surface area (Å²) in [6.07, 6.45) is 0. The second kappa shape index (κ2) is 5.29. The molecule has 0 aliphatic carbocycles. The summed E-state index contributed by atoms with van der Waals surface area (Å²) in [5.74, 6) is 6.66. The number of fused-ring (bicyclic) bond motifs is 1. The van der Waals surface area contributed by atoms with Crippen molar-refractivity contribution in [3.05, 3.63) is 48.2 Å². The van der Waals surface area contributed by atoms with Crippen LogP contribution < -0.4 is 11.3 Å². The van der Waals surface area contributed by atoms with E-state index in [1.54, 1.807) is 0 Å². The maximum Gasteiger partial charge on any atom is 0.257 e. The summed E-state index contributed by atoms with van der Waals surface area (Å²) < 4.78 is 5.63. The zero-order valence-electron chi connectivity index (χ0n) is 10.0. The van der Waals surface area contributed by atoms with Gasteiger partial charge in [-0.2, -0.15) is 0 Å². The van der Waals surface area contributed by atoms with E-state index in [0.717, 1.165) is 16.8 Å². The average molecular weight is 272 g/mol. The second-order valence-corrected chi connectivity index (χ2v) is 4.82. The minimum absolute atomic E-state index is 0.647. The van der Waals surface area contributed by atoms with Gasteiger partial charge < -0.3 is 9.84 Å². The number of nitrogen functional groups attached to an aromatic ring is 1. The van der Waals surface area contributed by atoms with Crippen molar-refractivity contribution in [2.24, 2.45) is 5.84 Å². The summed E-state index contributed by atoms with van der Waals surface area (Å²) in [5.41, 5.74) is 5.12. The molecule has 0 fully saturated rings. The molecule has 2 aromatic heterocycles. The molecule has 3 rings (SSSR count). The zero-order valence-corrected chi connectivity index (χ0v) is 10.9. The van der Waals surface area contributed by atoms with Crippen molar-refractivity contribution in [3.8, 4) is 0 Å². The van der Waals surface area contributed by atoms with Crippen molar-refractivity contribution in [3.63, 3.8) is 0 Å². The number of hydrogen-bond donors (Lipinski definition) is 2. The van der Waals surface area contributed by atoms with Crippen LogP contribution in [-0.2, 0) is 5.75 Å². The topological polar surface area (TPSA) is 77.0 Å². The van der Waals surface area contributed by atoms with Gasteiger partial charge in [0.25, 0.3) is 5.22 Å². The monoisotopic (exact) mass is 272 g/mol. The molecule has 0 radical (unpaired) electrons. The molecule has 3 N–H and O–H groups in total. The van der Waals surface area contributed by atoms with E-state index in [-0.39, 0.29) is 0 Å². The molecular formula is C13H12N4OS. The molecule has 0 unspecified atom stereocenters. The Balaban J connectivity index is 1.74. The highest BCUT2D eigenvalue weighted by Crippen LogP contribution is 2.25. The lowest BCUT2D eigenvalue weighted by atomic mass is 10.3. The standard InChI is InChI=1S/C13H12N4OS/c14-17-12-7-3-4-9(15-12)8-19-13-16-10-5-1-2-6-11(10)18-13/h1-7H,8,14H2,(H,15,17). The Morgan fingerprint density at radius 3 is 2.84 bits per heavy atom.